The van der Waals surface area contributed by atoms with E-state index < -0.39 is 11.9 Å². The highest BCUT2D eigenvalue weighted by Crippen LogP contribution is 2.30. The van der Waals surface area contributed by atoms with Crippen molar-refractivity contribution in [3.05, 3.63) is 23.8 Å². The first-order valence-corrected chi connectivity index (χ1v) is 5.83. The molecule has 98 valence electrons. The molecule has 1 aromatic rings. The molecular weight excluding hydrogens is 246 g/mol. The summed E-state index contributed by atoms with van der Waals surface area (Å²) in [5.41, 5.74) is 1.74. The summed E-state index contributed by atoms with van der Waals surface area (Å²) in [6.07, 6.45) is 0. The van der Waals surface area contributed by atoms with Crippen LogP contribution in [0.25, 0.3) is 0 Å². The predicted octanol–water partition coefficient (Wildman–Crippen LogP) is 1.04. The molecule has 0 radical (unpaired) electrons. The number of rotatable bonds is 3. The second-order valence-corrected chi connectivity index (χ2v) is 4.51. The molecule has 1 unspecified atom stereocenters. The first-order valence-electron chi connectivity index (χ1n) is 5.83. The normalized spacial score (nSPS) is 15.2. The van der Waals surface area contributed by atoms with Crippen LogP contribution in [0, 0.1) is 17.2 Å². The van der Waals surface area contributed by atoms with Crippen molar-refractivity contribution in [1.29, 1.82) is 5.26 Å². The van der Waals surface area contributed by atoms with Crippen molar-refractivity contribution in [2.75, 3.05) is 23.3 Å². The maximum Gasteiger partial charge on any atom is 0.308 e. The Balaban J connectivity index is 2.31. The molecule has 2 N–H and O–H groups in total. The lowest BCUT2D eigenvalue weighted by atomic mass is 10.1. The highest BCUT2D eigenvalue weighted by atomic mass is 16.4. The summed E-state index contributed by atoms with van der Waals surface area (Å²) in [7, 11) is 0. The number of fused-ring (bicyclic) bond motifs is 1. The number of hydrogen-bond acceptors (Lipinski definition) is 4. The summed E-state index contributed by atoms with van der Waals surface area (Å²) in [5, 5.41) is 20.5. The zero-order chi connectivity index (χ0) is 14.0. The summed E-state index contributed by atoms with van der Waals surface area (Å²) in [6.45, 7) is 1.97. The van der Waals surface area contributed by atoms with Gasteiger partial charge in [-0.3, -0.25) is 9.59 Å². The summed E-state index contributed by atoms with van der Waals surface area (Å²) in [6, 6.07) is 6.96. The van der Waals surface area contributed by atoms with E-state index in [-0.39, 0.29) is 19.0 Å². The molecule has 0 bridgehead atoms. The number of carboxylic acids is 1. The number of benzene rings is 1. The third-order valence-electron chi connectivity index (χ3n) is 2.99. The summed E-state index contributed by atoms with van der Waals surface area (Å²) in [4.78, 5) is 24.2. The molecule has 0 saturated carbocycles. The smallest absolute Gasteiger partial charge is 0.308 e. The SMILES string of the molecule is CC(CN1CC(=O)Nc2cc(C#N)ccc21)C(=O)O. The number of nitrogens with one attached hydrogen (secondary N) is 1. The van der Waals surface area contributed by atoms with Crippen LogP contribution in [0.2, 0.25) is 0 Å². The number of hydrogen-bond donors (Lipinski definition) is 2. The number of aliphatic carboxylic acids is 1. The number of carbonyl (C=O) groups is 2. The van der Waals surface area contributed by atoms with Gasteiger partial charge in [0.15, 0.2) is 0 Å². The van der Waals surface area contributed by atoms with Gasteiger partial charge in [-0.15, -0.1) is 0 Å². The minimum atomic E-state index is -0.902. The van der Waals surface area contributed by atoms with Gasteiger partial charge in [-0.1, -0.05) is 6.92 Å². The Kier molecular flexibility index (Phi) is 3.38. The third-order valence-corrected chi connectivity index (χ3v) is 2.99. The molecule has 19 heavy (non-hydrogen) atoms. The molecule has 1 aromatic carbocycles. The number of nitriles is 1. The Morgan fingerprint density at radius 3 is 3.00 bits per heavy atom. The molecule has 1 amide bonds. The van der Waals surface area contributed by atoms with Crippen molar-refractivity contribution in [1.82, 2.24) is 0 Å². The van der Waals surface area contributed by atoms with Crippen LogP contribution in [0.4, 0.5) is 11.4 Å². The van der Waals surface area contributed by atoms with Gasteiger partial charge in [-0.25, -0.2) is 0 Å². The molecule has 0 fully saturated rings. The quantitative estimate of drug-likeness (QED) is 0.845. The minimum absolute atomic E-state index is 0.122. The van der Waals surface area contributed by atoms with E-state index >= 15 is 0 Å². The average molecular weight is 259 g/mol. The van der Waals surface area contributed by atoms with Crippen molar-refractivity contribution in [3.8, 4) is 6.07 Å². The number of anilines is 2. The second-order valence-electron chi connectivity index (χ2n) is 4.51. The lowest BCUT2D eigenvalue weighted by Crippen LogP contribution is -2.41. The van der Waals surface area contributed by atoms with Gasteiger partial charge in [0.25, 0.3) is 0 Å². The Morgan fingerprint density at radius 2 is 2.37 bits per heavy atom. The Labute approximate surface area is 110 Å². The van der Waals surface area contributed by atoms with E-state index in [1.165, 1.54) is 0 Å². The van der Waals surface area contributed by atoms with E-state index in [0.717, 1.165) is 5.69 Å². The predicted molar refractivity (Wildman–Crippen MR) is 68.8 cm³/mol. The molecule has 2 rings (SSSR count). The average Bonchev–Trinajstić information content (AvgIpc) is 2.37. The molecule has 1 heterocycles. The van der Waals surface area contributed by atoms with Crippen LogP contribution >= 0.6 is 0 Å². The van der Waals surface area contributed by atoms with E-state index in [0.29, 0.717) is 11.3 Å². The molecule has 0 aliphatic carbocycles. The minimum Gasteiger partial charge on any atom is -0.481 e. The van der Waals surface area contributed by atoms with Crippen LogP contribution in [-0.2, 0) is 9.59 Å². The van der Waals surface area contributed by atoms with Crippen LogP contribution in [-0.4, -0.2) is 30.1 Å². The van der Waals surface area contributed by atoms with Crippen LogP contribution < -0.4 is 10.2 Å². The van der Waals surface area contributed by atoms with Crippen molar-refractivity contribution < 1.29 is 14.7 Å². The van der Waals surface area contributed by atoms with E-state index in [9.17, 15) is 9.59 Å². The van der Waals surface area contributed by atoms with Crippen LogP contribution in [0.3, 0.4) is 0 Å². The standard InChI is InChI=1S/C13H13N3O3/c1-8(13(18)19)6-16-7-12(17)15-10-4-9(5-14)2-3-11(10)16/h2-4,8H,6-7H2,1H3,(H,15,17)(H,18,19). The van der Waals surface area contributed by atoms with E-state index in [4.69, 9.17) is 10.4 Å². The fourth-order valence-electron chi connectivity index (χ4n) is 2.00. The fourth-order valence-corrected chi connectivity index (χ4v) is 2.00. The number of carboxylic acid groups (broad SMARTS) is 1. The first kappa shape index (κ1) is 12.9. The Bertz CT molecular complexity index is 577. The van der Waals surface area contributed by atoms with E-state index in [1.54, 1.807) is 30.0 Å². The zero-order valence-corrected chi connectivity index (χ0v) is 10.4. The molecule has 6 nitrogen and oxygen atoms in total. The van der Waals surface area contributed by atoms with Crippen LogP contribution in [0.15, 0.2) is 18.2 Å². The Morgan fingerprint density at radius 1 is 1.63 bits per heavy atom. The van der Waals surface area contributed by atoms with Crippen LogP contribution in [0.1, 0.15) is 12.5 Å². The summed E-state index contributed by atoms with van der Waals surface area (Å²) in [5.74, 6) is -1.68. The van der Waals surface area contributed by atoms with Crippen molar-refractivity contribution >= 4 is 23.3 Å². The van der Waals surface area contributed by atoms with Crippen molar-refractivity contribution in [3.63, 3.8) is 0 Å². The molecule has 1 atom stereocenters. The molecule has 0 aromatic heterocycles. The molecular formula is C13H13N3O3. The van der Waals surface area contributed by atoms with Crippen LogP contribution in [0.5, 0.6) is 0 Å². The number of amides is 1. The molecule has 1 aliphatic rings. The summed E-state index contributed by atoms with van der Waals surface area (Å²) < 4.78 is 0. The maximum atomic E-state index is 11.6. The molecule has 0 saturated heterocycles. The van der Waals surface area contributed by atoms with Gasteiger partial charge in [0.2, 0.25) is 5.91 Å². The van der Waals surface area contributed by atoms with Crippen molar-refractivity contribution in [2.24, 2.45) is 5.92 Å². The van der Waals surface area contributed by atoms with Gasteiger partial charge in [0.1, 0.15) is 0 Å². The fraction of sp³-hybridized carbons (Fsp3) is 0.308. The van der Waals surface area contributed by atoms with Crippen molar-refractivity contribution in [2.45, 2.75) is 6.92 Å². The van der Waals surface area contributed by atoms with Gasteiger partial charge in [0.05, 0.1) is 35.5 Å². The highest BCUT2D eigenvalue weighted by Gasteiger charge is 2.25. The van der Waals surface area contributed by atoms with E-state index in [1.807, 2.05) is 6.07 Å². The highest BCUT2D eigenvalue weighted by molar-refractivity contribution is 6.01. The summed E-state index contributed by atoms with van der Waals surface area (Å²) >= 11 is 0. The van der Waals surface area contributed by atoms with Gasteiger partial charge in [0, 0.05) is 6.54 Å². The molecule has 0 spiro atoms. The lowest BCUT2D eigenvalue weighted by Gasteiger charge is -2.32. The molecule has 6 heteroatoms. The molecule has 1 aliphatic heterocycles. The van der Waals surface area contributed by atoms with Gasteiger partial charge < -0.3 is 15.3 Å². The van der Waals surface area contributed by atoms with E-state index in [2.05, 4.69) is 5.32 Å². The van der Waals surface area contributed by atoms with Gasteiger partial charge in [-0.05, 0) is 18.2 Å². The van der Waals surface area contributed by atoms with Gasteiger partial charge in [-0.2, -0.15) is 5.26 Å². The first-order chi connectivity index (χ1) is 9.01. The maximum absolute atomic E-state index is 11.6. The monoisotopic (exact) mass is 259 g/mol. The largest absolute Gasteiger partial charge is 0.481 e. The number of carbonyl (C=O) groups excluding carboxylic acids is 1. The Hall–Kier alpha value is -2.55. The van der Waals surface area contributed by atoms with Gasteiger partial charge >= 0.3 is 5.97 Å². The zero-order valence-electron chi connectivity index (χ0n) is 10.4. The second kappa shape index (κ2) is 4.98. The topological polar surface area (TPSA) is 93.4 Å². The number of nitrogens with zero attached hydrogens (tertiary/aromatic N) is 2. The third kappa shape index (κ3) is 2.65. The lowest BCUT2D eigenvalue weighted by molar-refractivity contribution is -0.140.